The zero-order valence-electron chi connectivity index (χ0n) is 13.2. The van der Waals surface area contributed by atoms with E-state index >= 15 is 0 Å². The molecule has 3 aliphatic rings. The molecule has 0 amide bonds. The van der Waals surface area contributed by atoms with Gasteiger partial charge in [0.25, 0.3) is 0 Å². The highest BCUT2D eigenvalue weighted by Crippen LogP contribution is 2.51. The molecular weight excluding hydrogens is 248 g/mol. The van der Waals surface area contributed by atoms with Crippen molar-refractivity contribution in [1.29, 1.82) is 0 Å². The van der Waals surface area contributed by atoms with E-state index in [0.29, 0.717) is 5.41 Å². The molecule has 116 valence electrons. The summed E-state index contributed by atoms with van der Waals surface area (Å²) in [6.45, 7) is 4.92. The minimum Gasteiger partial charge on any atom is -0.374 e. The molecule has 0 aromatic heterocycles. The van der Waals surface area contributed by atoms with Crippen LogP contribution in [0.15, 0.2) is 0 Å². The van der Waals surface area contributed by atoms with E-state index in [1.54, 1.807) is 0 Å². The Kier molecular flexibility index (Phi) is 4.13. The SMILES string of the molecule is CC1(CNC2(CN)CCC3(CCCC3)CC2)CCCO1. The van der Waals surface area contributed by atoms with Gasteiger partial charge in [0.15, 0.2) is 0 Å². The van der Waals surface area contributed by atoms with Crippen LogP contribution in [0.25, 0.3) is 0 Å². The fourth-order valence-electron chi connectivity index (χ4n) is 4.69. The predicted octanol–water partition coefficient (Wildman–Crippen LogP) is 2.98. The summed E-state index contributed by atoms with van der Waals surface area (Å²) < 4.78 is 5.91. The standard InChI is InChI=1S/C17H32N2O/c1-15(5-4-12-20-15)14-19-17(13-18)10-8-16(9-11-17)6-2-3-7-16/h19H,2-14,18H2,1H3. The zero-order chi connectivity index (χ0) is 14.1. The van der Waals surface area contributed by atoms with Gasteiger partial charge in [0, 0.05) is 25.2 Å². The van der Waals surface area contributed by atoms with Crippen molar-refractivity contribution in [2.45, 2.75) is 82.3 Å². The number of nitrogens with one attached hydrogen (secondary N) is 1. The molecule has 1 unspecified atom stereocenters. The van der Waals surface area contributed by atoms with Crippen molar-refractivity contribution in [1.82, 2.24) is 5.32 Å². The van der Waals surface area contributed by atoms with Gasteiger partial charge in [0.2, 0.25) is 0 Å². The smallest absolute Gasteiger partial charge is 0.0779 e. The molecule has 1 saturated heterocycles. The number of ether oxygens (including phenoxy) is 1. The van der Waals surface area contributed by atoms with Gasteiger partial charge in [0.1, 0.15) is 0 Å². The van der Waals surface area contributed by atoms with Gasteiger partial charge in [-0.1, -0.05) is 12.8 Å². The second-order valence-electron chi connectivity index (χ2n) is 7.95. The molecule has 0 radical (unpaired) electrons. The average molecular weight is 280 g/mol. The monoisotopic (exact) mass is 280 g/mol. The molecular formula is C17H32N2O. The maximum Gasteiger partial charge on any atom is 0.0779 e. The number of hydrogen-bond acceptors (Lipinski definition) is 3. The molecule has 3 fully saturated rings. The molecule has 0 aromatic rings. The molecule has 1 aliphatic heterocycles. The van der Waals surface area contributed by atoms with E-state index in [1.807, 2.05) is 0 Å². The van der Waals surface area contributed by atoms with E-state index in [0.717, 1.165) is 19.7 Å². The van der Waals surface area contributed by atoms with E-state index in [1.165, 1.54) is 64.2 Å². The Morgan fingerprint density at radius 3 is 2.20 bits per heavy atom. The summed E-state index contributed by atoms with van der Waals surface area (Å²) in [7, 11) is 0. The van der Waals surface area contributed by atoms with Gasteiger partial charge in [-0.25, -0.2) is 0 Å². The normalized spacial score (nSPS) is 35.7. The van der Waals surface area contributed by atoms with Gasteiger partial charge in [-0.05, 0) is 63.7 Å². The fraction of sp³-hybridized carbons (Fsp3) is 1.00. The molecule has 20 heavy (non-hydrogen) atoms. The van der Waals surface area contributed by atoms with Crippen LogP contribution in [0.1, 0.15) is 71.1 Å². The molecule has 2 aliphatic carbocycles. The van der Waals surface area contributed by atoms with Crippen molar-refractivity contribution >= 4 is 0 Å². The summed E-state index contributed by atoms with van der Waals surface area (Å²) in [6.07, 6.45) is 13.5. The molecule has 1 heterocycles. The summed E-state index contributed by atoms with van der Waals surface area (Å²) in [5.41, 5.74) is 7.07. The molecule has 3 nitrogen and oxygen atoms in total. The quantitative estimate of drug-likeness (QED) is 0.832. The maximum atomic E-state index is 6.15. The van der Waals surface area contributed by atoms with Crippen LogP contribution in [0.4, 0.5) is 0 Å². The Bertz CT molecular complexity index is 320. The van der Waals surface area contributed by atoms with Crippen LogP contribution in [0.2, 0.25) is 0 Å². The minimum absolute atomic E-state index is 0.0463. The highest BCUT2D eigenvalue weighted by Gasteiger charge is 2.44. The van der Waals surface area contributed by atoms with Crippen LogP contribution in [0, 0.1) is 5.41 Å². The van der Waals surface area contributed by atoms with Gasteiger partial charge in [0.05, 0.1) is 5.60 Å². The number of hydrogen-bond donors (Lipinski definition) is 2. The first-order valence-corrected chi connectivity index (χ1v) is 8.69. The highest BCUT2D eigenvalue weighted by molar-refractivity contribution is 5.01. The van der Waals surface area contributed by atoms with Crippen LogP contribution in [-0.4, -0.2) is 30.8 Å². The second kappa shape index (κ2) is 5.58. The molecule has 3 heteroatoms. The fourth-order valence-corrected chi connectivity index (χ4v) is 4.69. The molecule has 3 N–H and O–H groups in total. The van der Waals surface area contributed by atoms with E-state index in [9.17, 15) is 0 Å². The summed E-state index contributed by atoms with van der Waals surface area (Å²) in [6, 6.07) is 0. The Morgan fingerprint density at radius 2 is 1.65 bits per heavy atom. The molecule has 3 rings (SSSR count). The van der Waals surface area contributed by atoms with E-state index in [4.69, 9.17) is 10.5 Å². The lowest BCUT2D eigenvalue weighted by Crippen LogP contribution is -2.57. The first kappa shape index (κ1) is 14.8. The lowest BCUT2D eigenvalue weighted by atomic mass is 9.66. The van der Waals surface area contributed by atoms with E-state index in [2.05, 4.69) is 12.2 Å². The van der Waals surface area contributed by atoms with Crippen molar-refractivity contribution in [3.05, 3.63) is 0 Å². The topological polar surface area (TPSA) is 47.3 Å². The van der Waals surface area contributed by atoms with Crippen LogP contribution < -0.4 is 11.1 Å². The van der Waals surface area contributed by atoms with Crippen LogP contribution >= 0.6 is 0 Å². The predicted molar refractivity (Wildman–Crippen MR) is 82.7 cm³/mol. The lowest BCUT2D eigenvalue weighted by molar-refractivity contribution is 0.00771. The third-order valence-corrected chi connectivity index (χ3v) is 6.46. The van der Waals surface area contributed by atoms with Crippen LogP contribution in [0.5, 0.6) is 0 Å². The van der Waals surface area contributed by atoms with Gasteiger partial charge in [-0.3, -0.25) is 0 Å². The minimum atomic E-state index is 0.0463. The molecule has 1 atom stereocenters. The van der Waals surface area contributed by atoms with Crippen molar-refractivity contribution < 1.29 is 4.74 Å². The number of nitrogens with two attached hydrogens (primary N) is 1. The lowest BCUT2D eigenvalue weighted by Gasteiger charge is -2.46. The second-order valence-corrected chi connectivity index (χ2v) is 7.95. The maximum absolute atomic E-state index is 6.15. The van der Waals surface area contributed by atoms with Gasteiger partial charge >= 0.3 is 0 Å². The summed E-state index contributed by atoms with van der Waals surface area (Å²) >= 11 is 0. The molecule has 0 bridgehead atoms. The Balaban J connectivity index is 1.56. The van der Waals surface area contributed by atoms with Crippen LogP contribution in [-0.2, 0) is 4.74 Å². The molecule has 0 aromatic carbocycles. The largest absolute Gasteiger partial charge is 0.374 e. The highest BCUT2D eigenvalue weighted by atomic mass is 16.5. The first-order valence-electron chi connectivity index (χ1n) is 8.69. The summed E-state index contributed by atoms with van der Waals surface area (Å²) in [4.78, 5) is 0. The molecule has 2 saturated carbocycles. The van der Waals surface area contributed by atoms with E-state index < -0.39 is 0 Å². The zero-order valence-corrected chi connectivity index (χ0v) is 13.2. The van der Waals surface area contributed by atoms with Crippen molar-refractivity contribution in [3.8, 4) is 0 Å². The first-order chi connectivity index (χ1) is 9.60. The summed E-state index contributed by atoms with van der Waals surface area (Å²) in [5.74, 6) is 0. The van der Waals surface area contributed by atoms with Crippen molar-refractivity contribution in [2.75, 3.05) is 19.7 Å². The van der Waals surface area contributed by atoms with E-state index in [-0.39, 0.29) is 11.1 Å². The van der Waals surface area contributed by atoms with Gasteiger partial charge in [-0.2, -0.15) is 0 Å². The summed E-state index contributed by atoms with van der Waals surface area (Å²) in [5, 5.41) is 3.82. The van der Waals surface area contributed by atoms with Crippen molar-refractivity contribution in [3.63, 3.8) is 0 Å². The Hall–Kier alpha value is -0.120. The Morgan fingerprint density at radius 1 is 0.950 bits per heavy atom. The van der Waals surface area contributed by atoms with Gasteiger partial charge in [-0.15, -0.1) is 0 Å². The van der Waals surface area contributed by atoms with Gasteiger partial charge < -0.3 is 15.8 Å². The number of rotatable bonds is 4. The average Bonchev–Trinajstić information content (AvgIpc) is 3.10. The Labute approximate surface area is 124 Å². The van der Waals surface area contributed by atoms with Crippen LogP contribution in [0.3, 0.4) is 0 Å². The third-order valence-electron chi connectivity index (χ3n) is 6.46. The van der Waals surface area contributed by atoms with Crippen molar-refractivity contribution in [2.24, 2.45) is 11.1 Å². The third kappa shape index (κ3) is 2.90. The molecule has 1 spiro atoms.